The fourth-order valence-electron chi connectivity index (χ4n) is 5.17. The molecule has 2 aromatic heterocycles. The van der Waals surface area contributed by atoms with E-state index in [1.807, 2.05) is 91.0 Å². The van der Waals surface area contributed by atoms with E-state index in [1.165, 1.54) is 11.3 Å². The SMILES string of the molecule is [2H]c1c([2H])c([2H])c(-c2nc(-c3ccccc3)nc(-c3cccc4sc5c(-c6c([2H])c([2H])c([2H])c([2H])c6[2H])cc(-c6ccccc6)cc5c34)n2)c([2H])c1[2H]. The van der Waals surface area contributed by atoms with E-state index in [1.54, 1.807) is 0 Å². The highest BCUT2D eigenvalue weighted by Gasteiger charge is 2.19. The first kappa shape index (κ1) is 16.9. The molecule has 6 aromatic carbocycles. The molecule has 0 N–H and O–H groups in total. The molecule has 8 aromatic rings. The van der Waals surface area contributed by atoms with Crippen molar-refractivity contribution in [1.29, 1.82) is 0 Å². The minimum atomic E-state index is -0.528. The lowest BCUT2D eigenvalue weighted by atomic mass is 9.95. The van der Waals surface area contributed by atoms with Crippen LogP contribution in [0.4, 0.5) is 0 Å². The largest absolute Gasteiger partial charge is 0.208 e. The van der Waals surface area contributed by atoms with Crippen LogP contribution in [0.2, 0.25) is 0 Å². The van der Waals surface area contributed by atoms with Crippen LogP contribution in [0.15, 0.2) is 151 Å². The summed E-state index contributed by atoms with van der Waals surface area (Å²) in [7, 11) is 0. The van der Waals surface area contributed by atoms with Crippen molar-refractivity contribution in [3.8, 4) is 56.4 Å². The monoisotopic (exact) mass is 577 g/mol. The first-order chi connectivity index (χ1) is 25.5. The average molecular weight is 578 g/mol. The molecule has 0 saturated carbocycles. The van der Waals surface area contributed by atoms with E-state index in [2.05, 4.69) is 4.98 Å². The van der Waals surface area contributed by atoms with E-state index in [9.17, 15) is 0 Å². The Morgan fingerprint density at radius 2 is 1.07 bits per heavy atom. The number of rotatable bonds is 5. The van der Waals surface area contributed by atoms with Crippen LogP contribution < -0.4 is 0 Å². The Labute approximate surface area is 267 Å². The van der Waals surface area contributed by atoms with Crippen molar-refractivity contribution in [2.45, 2.75) is 0 Å². The van der Waals surface area contributed by atoms with Crippen molar-refractivity contribution in [3.05, 3.63) is 151 Å². The molecule has 43 heavy (non-hydrogen) atoms. The predicted octanol–water partition coefficient (Wildman–Crippen LogP) is 10.6. The minimum Gasteiger partial charge on any atom is -0.208 e. The van der Waals surface area contributed by atoms with Crippen molar-refractivity contribution < 1.29 is 13.7 Å². The lowest BCUT2D eigenvalue weighted by Gasteiger charge is -2.11. The Hall–Kier alpha value is -5.45. The van der Waals surface area contributed by atoms with Gasteiger partial charge in [-0.05, 0) is 34.9 Å². The van der Waals surface area contributed by atoms with Crippen LogP contribution >= 0.6 is 11.3 Å². The van der Waals surface area contributed by atoms with Crippen molar-refractivity contribution in [1.82, 2.24) is 15.0 Å². The van der Waals surface area contributed by atoms with Crippen molar-refractivity contribution >= 4 is 31.5 Å². The molecular formula is C39H25N3S. The van der Waals surface area contributed by atoms with Crippen LogP contribution in [0, 0.1) is 0 Å². The van der Waals surface area contributed by atoms with Crippen molar-refractivity contribution in [3.63, 3.8) is 0 Å². The summed E-state index contributed by atoms with van der Waals surface area (Å²) in [5.41, 5.74) is 3.22. The third-order valence-electron chi connectivity index (χ3n) is 7.10. The van der Waals surface area contributed by atoms with Gasteiger partial charge < -0.3 is 0 Å². The molecule has 202 valence electrons. The van der Waals surface area contributed by atoms with Gasteiger partial charge in [0.1, 0.15) is 0 Å². The maximum absolute atomic E-state index is 8.86. The second-order valence-corrected chi connectivity index (χ2v) is 10.8. The van der Waals surface area contributed by atoms with Crippen LogP contribution in [0.3, 0.4) is 0 Å². The van der Waals surface area contributed by atoms with Crippen LogP contribution in [0.5, 0.6) is 0 Å². The molecule has 0 aliphatic carbocycles. The van der Waals surface area contributed by atoms with Crippen LogP contribution in [-0.2, 0) is 0 Å². The van der Waals surface area contributed by atoms with Crippen LogP contribution in [-0.4, -0.2) is 15.0 Å². The Balaban J connectivity index is 1.48. The zero-order chi connectivity index (χ0) is 37.3. The number of thiophene rings is 1. The topological polar surface area (TPSA) is 38.7 Å². The third kappa shape index (κ3) is 4.68. The highest BCUT2D eigenvalue weighted by atomic mass is 32.1. The van der Waals surface area contributed by atoms with Crippen LogP contribution in [0.1, 0.15) is 13.7 Å². The molecule has 2 heterocycles. The summed E-state index contributed by atoms with van der Waals surface area (Å²) in [5.74, 6) is 0.339. The number of aromatic nitrogens is 3. The summed E-state index contributed by atoms with van der Waals surface area (Å²) in [4.78, 5) is 14.3. The smallest absolute Gasteiger partial charge is 0.164 e. The molecule has 0 fully saturated rings. The molecule has 0 spiro atoms. The lowest BCUT2D eigenvalue weighted by Crippen LogP contribution is -2.00. The standard InChI is InChI=1S/C39H25N3S/c1-5-14-26(15-6-1)30-24-32(27-16-7-2-8-17-27)36-33(25-30)35-31(22-13-23-34(35)43-36)39-41-37(28-18-9-3-10-19-28)40-38(42-39)29-20-11-4-12-21-29/h1-25H/i2D,3D,7D,8D,9D,10D,16D,17D,18D,19D. The Bertz CT molecular complexity index is 2730. The van der Waals surface area contributed by atoms with E-state index in [-0.39, 0.29) is 40.7 Å². The van der Waals surface area contributed by atoms with Gasteiger partial charge in [-0.3, -0.25) is 0 Å². The van der Waals surface area contributed by atoms with Gasteiger partial charge in [0.15, 0.2) is 17.5 Å². The highest BCUT2D eigenvalue weighted by molar-refractivity contribution is 7.26. The van der Waals surface area contributed by atoms with E-state index in [0.29, 0.717) is 21.4 Å². The molecule has 4 heteroatoms. The summed E-state index contributed by atoms with van der Waals surface area (Å²) in [6, 6.07) is 23.7. The minimum absolute atomic E-state index is 0.0851. The first-order valence-corrected chi connectivity index (χ1v) is 14.3. The maximum atomic E-state index is 8.86. The highest BCUT2D eigenvalue weighted by Crippen LogP contribution is 2.45. The van der Waals surface area contributed by atoms with E-state index >= 15 is 0 Å². The van der Waals surface area contributed by atoms with Gasteiger partial charge >= 0.3 is 0 Å². The zero-order valence-electron chi connectivity index (χ0n) is 32.4. The molecule has 0 aliphatic rings. The second kappa shape index (κ2) is 10.8. The number of fused-ring (bicyclic) bond motifs is 3. The van der Waals surface area contributed by atoms with Gasteiger partial charge in [-0.15, -0.1) is 11.3 Å². The van der Waals surface area contributed by atoms with E-state index in [0.717, 1.165) is 26.6 Å². The quantitative estimate of drug-likeness (QED) is 0.204. The van der Waals surface area contributed by atoms with Gasteiger partial charge in [0.2, 0.25) is 0 Å². The molecule has 0 bridgehead atoms. The molecule has 0 amide bonds. The molecule has 0 unspecified atom stereocenters. The summed E-state index contributed by atoms with van der Waals surface area (Å²) >= 11 is 1.40. The van der Waals surface area contributed by atoms with Gasteiger partial charge in [0, 0.05) is 42.4 Å². The number of hydrogen-bond acceptors (Lipinski definition) is 4. The molecule has 3 nitrogen and oxygen atoms in total. The molecular weight excluding hydrogens is 543 g/mol. The van der Waals surface area contributed by atoms with Gasteiger partial charge in [0.05, 0.1) is 13.7 Å². The van der Waals surface area contributed by atoms with Gasteiger partial charge in [-0.25, -0.2) is 15.0 Å². The molecule has 0 aliphatic heterocycles. The average Bonchev–Trinajstić information content (AvgIpc) is 3.57. The van der Waals surface area contributed by atoms with Gasteiger partial charge in [-0.1, -0.05) is 133 Å². The van der Waals surface area contributed by atoms with Gasteiger partial charge in [0.25, 0.3) is 0 Å². The van der Waals surface area contributed by atoms with Gasteiger partial charge in [-0.2, -0.15) is 0 Å². The molecule has 0 saturated heterocycles. The summed E-state index contributed by atoms with van der Waals surface area (Å²) < 4.78 is 86.4. The first-order valence-electron chi connectivity index (χ1n) is 18.5. The molecule has 0 atom stereocenters. The van der Waals surface area contributed by atoms with Crippen LogP contribution in [0.25, 0.3) is 76.6 Å². The Kier molecular flexibility index (Phi) is 4.21. The fraction of sp³-hybridized carbons (Fsp3) is 0. The fourth-order valence-corrected chi connectivity index (χ4v) is 6.40. The molecule has 8 rings (SSSR count). The maximum Gasteiger partial charge on any atom is 0.164 e. The van der Waals surface area contributed by atoms with Crippen molar-refractivity contribution in [2.75, 3.05) is 0 Å². The van der Waals surface area contributed by atoms with E-state index in [4.69, 9.17) is 23.7 Å². The third-order valence-corrected chi connectivity index (χ3v) is 8.31. The van der Waals surface area contributed by atoms with E-state index < -0.39 is 48.3 Å². The predicted molar refractivity (Wildman–Crippen MR) is 180 cm³/mol. The molecule has 0 radical (unpaired) electrons. The summed E-state index contributed by atoms with van der Waals surface area (Å²) in [6.07, 6.45) is 0. The summed E-state index contributed by atoms with van der Waals surface area (Å²) in [6.45, 7) is 0. The summed E-state index contributed by atoms with van der Waals surface area (Å²) in [5, 5.41) is 1.46. The number of benzene rings is 6. The number of nitrogens with zero attached hydrogens (tertiary/aromatic N) is 3. The second-order valence-electron chi connectivity index (χ2n) is 9.72. The Morgan fingerprint density at radius 1 is 0.465 bits per heavy atom. The van der Waals surface area contributed by atoms with Crippen molar-refractivity contribution in [2.24, 2.45) is 0 Å². The zero-order valence-corrected chi connectivity index (χ0v) is 23.2. The lowest BCUT2D eigenvalue weighted by molar-refractivity contribution is 1.08. The number of hydrogen-bond donors (Lipinski definition) is 0. The normalized spacial score (nSPS) is 14.5. The Morgan fingerprint density at radius 3 is 1.77 bits per heavy atom.